The van der Waals surface area contributed by atoms with Crippen molar-refractivity contribution in [1.29, 1.82) is 0 Å². The predicted octanol–water partition coefficient (Wildman–Crippen LogP) is 1.24. The van der Waals surface area contributed by atoms with Crippen LogP contribution in [0.25, 0.3) is 0 Å². The van der Waals surface area contributed by atoms with Crippen LogP contribution in [0, 0.1) is 0 Å². The van der Waals surface area contributed by atoms with Gasteiger partial charge in [0.05, 0.1) is 13.2 Å². The van der Waals surface area contributed by atoms with E-state index in [4.69, 9.17) is 15.2 Å². The maximum atomic E-state index is 11.7. The van der Waals surface area contributed by atoms with Gasteiger partial charge in [-0.25, -0.2) is 9.78 Å². The summed E-state index contributed by atoms with van der Waals surface area (Å²) in [6.07, 6.45) is 0.704. The van der Waals surface area contributed by atoms with Gasteiger partial charge in [-0.15, -0.1) is 0 Å². The van der Waals surface area contributed by atoms with Crippen LogP contribution in [-0.4, -0.2) is 35.3 Å². The van der Waals surface area contributed by atoms with Gasteiger partial charge in [0, 0.05) is 19.6 Å². The van der Waals surface area contributed by atoms with E-state index in [1.807, 2.05) is 18.4 Å². The van der Waals surface area contributed by atoms with E-state index in [1.54, 1.807) is 6.92 Å². The molecule has 0 atom stereocenters. The van der Waals surface area contributed by atoms with Crippen LogP contribution in [0.1, 0.15) is 37.1 Å². The molecule has 0 aromatic carbocycles. The number of ether oxygens (including phenoxy) is 2. The van der Waals surface area contributed by atoms with Crippen molar-refractivity contribution in [2.75, 3.05) is 25.6 Å². The van der Waals surface area contributed by atoms with Gasteiger partial charge in [-0.1, -0.05) is 6.92 Å². The number of esters is 1. The van der Waals surface area contributed by atoms with Crippen LogP contribution in [0.4, 0.5) is 5.82 Å². The highest BCUT2D eigenvalue weighted by Gasteiger charge is 2.20. The zero-order valence-electron chi connectivity index (χ0n) is 11.2. The van der Waals surface area contributed by atoms with E-state index in [0.717, 1.165) is 5.82 Å². The Bertz CT molecular complexity index is 402. The van der Waals surface area contributed by atoms with Crippen molar-refractivity contribution in [3.8, 4) is 0 Å². The monoisotopic (exact) mass is 255 g/mol. The Morgan fingerprint density at radius 3 is 2.61 bits per heavy atom. The van der Waals surface area contributed by atoms with Crippen molar-refractivity contribution in [3.63, 3.8) is 0 Å². The Hall–Kier alpha value is -1.56. The van der Waals surface area contributed by atoms with E-state index >= 15 is 0 Å². The highest BCUT2D eigenvalue weighted by molar-refractivity contribution is 5.92. The number of hydrogen-bond acceptors (Lipinski definition) is 5. The molecule has 0 spiro atoms. The number of aromatic nitrogens is 2. The summed E-state index contributed by atoms with van der Waals surface area (Å²) in [5, 5.41) is 0. The van der Waals surface area contributed by atoms with Crippen LogP contribution < -0.4 is 5.73 Å². The summed E-state index contributed by atoms with van der Waals surface area (Å²) in [5.41, 5.74) is 6.14. The van der Waals surface area contributed by atoms with E-state index in [0.29, 0.717) is 38.6 Å². The van der Waals surface area contributed by atoms with Gasteiger partial charge < -0.3 is 19.8 Å². The van der Waals surface area contributed by atoms with Gasteiger partial charge in [0.2, 0.25) is 0 Å². The number of carbonyl (C=O) groups excluding carboxylic acids is 1. The van der Waals surface area contributed by atoms with Crippen LogP contribution in [-0.2, 0) is 22.4 Å². The zero-order chi connectivity index (χ0) is 13.5. The molecule has 0 saturated carbocycles. The van der Waals surface area contributed by atoms with Crippen LogP contribution >= 0.6 is 0 Å². The third kappa shape index (κ3) is 3.22. The standard InChI is InChI=1S/C12H21N3O3/c1-4-9-14-10(12(16)18-6-3)11(13)15(9)7-8-17-5-2/h4-8,13H2,1-3H3. The lowest BCUT2D eigenvalue weighted by Gasteiger charge is -2.08. The van der Waals surface area contributed by atoms with Gasteiger partial charge in [-0.05, 0) is 13.8 Å². The number of nitrogens with two attached hydrogens (primary N) is 1. The summed E-state index contributed by atoms with van der Waals surface area (Å²) in [6, 6.07) is 0. The summed E-state index contributed by atoms with van der Waals surface area (Å²) in [4.78, 5) is 15.9. The normalized spacial score (nSPS) is 10.6. The van der Waals surface area contributed by atoms with Gasteiger partial charge in [0.15, 0.2) is 5.69 Å². The molecule has 18 heavy (non-hydrogen) atoms. The van der Waals surface area contributed by atoms with Gasteiger partial charge in [-0.3, -0.25) is 0 Å². The fourth-order valence-electron chi connectivity index (χ4n) is 1.68. The van der Waals surface area contributed by atoms with Crippen LogP contribution in [0.2, 0.25) is 0 Å². The minimum atomic E-state index is -0.472. The SMILES string of the molecule is CCOCCn1c(CC)nc(C(=O)OCC)c1N. The number of imidazole rings is 1. The molecule has 1 aromatic heterocycles. The molecule has 6 heteroatoms. The Kier molecular flexibility index (Phi) is 5.64. The second-order valence-corrected chi connectivity index (χ2v) is 3.68. The lowest BCUT2D eigenvalue weighted by Crippen LogP contribution is -2.13. The molecule has 0 radical (unpaired) electrons. The molecule has 1 heterocycles. The number of nitrogen functional groups attached to an aromatic ring is 1. The minimum absolute atomic E-state index is 0.199. The maximum absolute atomic E-state index is 11.7. The average Bonchev–Trinajstić information content (AvgIpc) is 2.67. The van der Waals surface area contributed by atoms with Crippen LogP contribution in [0.15, 0.2) is 0 Å². The summed E-state index contributed by atoms with van der Waals surface area (Å²) in [7, 11) is 0. The molecule has 2 N–H and O–H groups in total. The van der Waals surface area contributed by atoms with Crippen molar-refractivity contribution in [3.05, 3.63) is 11.5 Å². The van der Waals surface area contributed by atoms with Crippen molar-refractivity contribution in [1.82, 2.24) is 9.55 Å². The van der Waals surface area contributed by atoms with Crippen LogP contribution in [0.5, 0.6) is 0 Å². The summed E-state index contributed by atoms with van der Waals surface area (Å²) >= 11 is 0. The first-order valence-corrected chi connectivity index (χ1v) is 6.25. The van der Waals surface area contributed by atoms with E-state index in [2.05, 4.69) is 4.98 Å². The highest BCUT2D eigenvalue weighted by Crippen LogP contribution is 2.16. The lowest BCUT2D eigenvalue weighted by molar-refractivity contribution is 0.0521. The number of nitrogens with zero attached hydrogens (tertiary/aromatic N) is 2. The first-order chi connectivity index (χ1) is 8.65. The Morgan fingerprint density at radius 1 is 1.33 bits per heavy atom. The van der Waals surface area contributed by atoms with Crippen molar-refractivity contribution in [2.24, 2.45) is 0 Å². The molecule has 1 aromatic rings. The molecule has 1 rings (SSSR count). The maximum Gasteiger partial charge on any atom is 0.360 e. The molecular formula is C12H21N3O3. The van der Waals surface area contributed by atoms with Crippen molar-refractivity contribution >= 4 is 11.8 Å². The van der Waals surface area contributed by atoms with Crippen molar-refractivity contribution < 1.29 is 14.3 Å². The van der Waals surface area contributed by atoms with Crippen LogP contribution in [0.3, 0.4) is 0 Å². The topological polar surface area (TPSA) is 79.4 Å². The number of rotatable bonds is 7. The molecule has 0 amide bonds. The fourth-order valence-corrected chi connectivity index (χ4v) is 1.68. The first kappa shape index (κ1) is 14.5. The zero-order valence-corrected chi connectivity index (χ0v) is 11.2. The van der Waals surface area contributed by atoms with E-state index in [9.17, 15) is 4.79 Å². The molecule has 0 bridgehead atoms. The number of hydrogen-bond donors (Lipinski definition) is 1. The van der Waals surface area contributed by atoms with E-state index in [1.165, 1.54) is 0 Å². The Labute approximate surface area is 107 Å². The third-order valence-corrected chi connectivity index (χ3v) is 2.53. The van der Waals surface area contributed by atoms with Gasteiger partial charge >= 0.3 is 5.97 Å². The third-order valence-electron chi connectivity index (χ3n) is 2.53. The second-order valence-electron chi connectivity index (χ2n) is 3.68. The van der Waals surface area contributed by atoms with E-state index < -0.39 is 5.97 Å². The molecule has 0 aliphatic carbocycles. The quantitative estimate of drug-likeness (QED) is 0.585. The Morgan fingerprint density at radius 2 is 2.06 bits per heavy atom. The predicted molar refractivity (Wildman–Crippen MR) is 68.5 cm³/mol. The highest BCUT2D eigenvalue weighted by atomic mass is 16.5. The molecule has 0 aliphatic rings. The number of anilines is 1. The van der Waals surface area contributed by atoms with Crippen molar-refractivity contribution in [2.45, 2.75) is 33.7 Å². The van der Waals surface area contributed by atoms with Gasteiger partial charge in [0.25, 0.3) is 0 Å². The van der Waals surface area contributed by atoms with Gasteiger partial charge in [-0.2, -0.15) is 0 Å². The molecular weight excluding hydrogens is 234 g/mol. The summed E-state index contributed by atoms with van der Waals surface area (Å²) in [6.45, 7) is 7.75. The molecule has 102 valence electrons. The summed E-state index contributed by atoms with van der Waals surface area (Å²) in [5.74, 6) is 0.653. The Balaban J connectivity index is 2.91. The number of carbonyl (C=O) groups is 1. The molecule has 0 aliphatic heterocycles. The average molecular weight is 255 g/mol. The largest absolute Gasteiger partial charge is 0.461 e. The fraction of sp³-hybridized carbons (Fsp3) is 0.667. The molecule has 0 unspecified atom stereocenters. The minimum Gasteiger partial charge on any atom is -0.461 e. The smallest absolute Gasteiger partial charge is 0.360 e. The first-order valence-electron chi connectivity index (χ1n) is 6.25. The lowest BCUT2D eigenvalue weighted by atomic mass is 10.4. The molecule has 0 saturated heterocycles. The van der Waals surface area contributed by atoms with E-state index in [-0.39, 0.29) is 5.69 Å². The number of aryl methyl sites for hydroxylation is 1. The molecule has 6 nitrogen and oxygen atoms in total. The second kappa shape index (κ2) is 7.00. The van der Waals surface area contributed by atoms with Gasteiger partial charge in [0.1, 0.15) is 11.6 Å². The summed E-state index contributed by atoms with van der Waals surface area (Å²) < 4.78 is 12.0. The molecule has 0 fully saturated rings.